The van der Waals surface area contributed by atoms with Gasteiger partial charge in [-0.15, -0.1) is 0 Å². The lowest BCUT2D eigenvalue weighted by Gasteiger charge is -2.36. The number of ether oxygens (including phenoxy) is 1. The molecule has 0 aliphatic heterocycles. The molecule has 0 saturated heterocycles. The van der Waals surface area contributed by atoms with Crippen LogP contribution in [0.25, 0.3) is 11.2 Å². The molecule has 0 unspecified atom stereocenters. The number of aliphatic hydroxyl groups is 1. The number of aliphatic hydroxyl groups excluding tert-OH is 1. The molecule has 0 saturated carbocycles. The van der Waals surface area contributed by atoms with Gasteiger partial charge in [-0.1, -0.05) is 20.8 Å². The van der Waals surface area contributed by atoms with Gasteiger partial charge in [0.05, 0.1) is 12.8 Å². The zero-order chi connectivity index (χ0) is 18.0. The topological polar surface area (TPSA) is 82.3 Å². The summed E-state index contributed by atoms with van der Waals surface area (Å²) in [6.45, 7) is 12.5. The molecule has 2 aromatic rings. The predicted octanol–water partition coefficient (Wildman–Crippen LogP) is 2.49. The Labute approximate surface area is 144 Å². The highest BCUT2D eigenvalue weighted by Crippen LogP contribution is 2.36. The van der Waals surface area contributed by atoms with E-state index in [1.807, 2.05) is 4.57 Å². The van der Waals surface area contributed by atoms with Gasteiger partial charge < -0.3 is 18.8 Å². The number of imidazole rings is 1. The second-order valence-corrected chi connectivity index (χ2v) is 12.2. The molecule has 7 nitrogen and oxygen atoms in total. The van der Waals surface area contributed by atoms with Crippen LogP contribution in [0.15, 0.2) is 6.20 Å². The van der Waals surface area contributed by atoms with Crippen LogP contribution in [0.3, 0.4) is 0 Å². The normalized spacial score (nSPS) is 13.0. The third kappa shape index (κ3) is 4.00. The summed E-state index contributed by atoms with van der Waals surface area (Å²) in [5, 5.41) is 9.76. The average molecular weight is 353 g/mol. The van der Waals surface area contributed by atoms with E-state index in [4.69, 9.17) is 9.16 Å². The highest BCUT2D eigenvalue weighted by molar-refractivity contribution is 6.74. The molecule has 0 atom stereocenters. The smallest absolute Gasteiger partial charge is 0.192 e. The molecule has 0 aliphatic carbocycles. The van der Waals surface area contributed by atoms with Gasteiger partial charge in [0.2, 0.25) is 0 Å². The molecule has 2 heterocycles. The summed E-state index contributed by atoms with van der Waals surface area (Å²) in [6.07, 6.45) is 1.67. The molecular formula is C16H28N4O3Si. The summed E-state index contributed by atoms with van der Waals surface area (Å²) in [7, 11) is -0.198. The van der Waals surface area contributed by atoms with E-state index in [1.165, 1.54) is 0 Å². The highest BCUT2D eigenvalue weighted by Gasteiger charge is 2.36. The van der Waals surface area contributed by atoms with E-state index in [1.54, 1.807) is 13.3 Å². The first-order valence-electron chi connectivity index (χ1n) is 8.14. The summed E-state index contributed by atoms with van der Waals surface area (Å²) >= 11 is 0. The fraction of sp³-hybridized carbons (Fsp3) is 0.688. The second kappa shape index (κ2) is 7.26. The van der Waals surface area contributed by atoms with Crippen molar-refractivity contribution in [3.63, 3.8) is 0 Å². The standard InChI is InChI=1S/C16H28N4O3Si/c1-16(2,3)24(5,6)23-8-7-20-14(10-21)18-12-9-17-13(11-22-4)19-15(12)20/h9,21H,7-8,10-11H2,1-6H3. The van der Waals surface area contributed by atoms with E-state index in [2.05, 4.69) is 48.8 Å². The van der Waals surface area contributed by atoms with Gasteiger partial charge in [-0.05, 0) is 18.1 Å². The minimum Gasteiger partial charge on any atom is -0.415 e. The van der Waals surface area contributed by atoms with Crippen LogP contribution in [0.2, 0.25) is 18.1 Å². The summed E-state index contributed by atoms with van der Waals surface area (Å²) in [5.41, 5.74) is 1.38. The lowest BCUT2D eigenvalue weighted by molar-refractivity contribution is 0.178. The monoisotopic (exact) mass is 352 g/mol. The van der Waals surface area contributed by atoms with Crippen molar-refractivity contribution in [2.24, 2.45) is 0 Å². The summed E-state index contributed by atoms with van der Waals surface area (Å²) in [5.74, 6) is 1.17. The SMILES string of the molecule is COCc1ncc2nc(CO)n(CCO[Si](C)(C)C(C)(C)C)c2n1. The van der Waals surface area contributed by atoms with Crippen molar-refractivity contribution in [3.8, 4) is 0 Å². The van der Waals surface area contributed by atoms with E-state index < -0.39 is 8.32 Å². The highest BCUT2D eigenvalue weighted by atomic mass is 28.4. The number of methoxy groups -OCH3 is 1. The number of hydrogen-bond acceptors (Lipinski definition) is 6. The Morgan fingerprint density at radius 3 is 2.54 bits per heavy atom. The molecule has 1 N–H and O–H groups in total. The summed E-state index contributed by atoms with van der Waals surface area (Å²) < 4.78 is 13.2. The van der Waals surface area contributed by atoms with Crippen molar-refractivity contribution in [1.82, 2.24) is 19.5 Å². The van der Waals surface area contributed by atoms with Crippen LogP contribution < -0.4 is 0 Å². The minimum atomic E-state index is -1.81. The first-order valence-corrected chi connectivity index (χ1v) is 11.0. The Morgan fingerprint density at radius 2 is 1.96 bits per heavy atom. The second-order valence-electron chi connectivity index (χ2n) is 7.37. The number of fused-ring (bicyclic) bond motifs is 1. The van der Waals surface area contributed by atoms with Crippen molar-refractivity contribution >= 4 is 19.5 Å². The Morgan fingerprint density at radius 1 is 1.25 bits per heavy atom. The Kier molecular flexibility index (Phi) is 5.74. The van der Waals surface area contributed by atoms with Crippen LogP contribution in [-0.2, 0) is 28.9 Å². The third-order valence-corrected chi connectivity index (χ3v) is 9.15. The lowest BCUT2D eigenvalue weighted by atomic mass is 10.2. The van der Waals surface area contributed by atoms with Gasteiger partial charge in [-0.2, -0.15) is 0 Å². The Bertz CT molecular complexity index is 694. The van der Waals surface area contributed by atoms with E-state index in [0.29, 0.717) is 42.6 Å². The van der Waals surface area contributed by atoms with Crippen molar-refractivity contribution in [1.29, 1.82) is 0 Å². The maximum atomic E-state index is 9.59. The average Bonchev–Trinajstić information content (AvgIpc) is 2.84. The van der Waals surface area contributed by atoms with Gasteiger partial charge in [0.25, 0.3) is 0 Å². The van der Waals surface area contributed by atoms with Crippen LogP contribution in [0, 0.1) is 0 Å². The van der Waals surface area contributed by atoms with Gasteiger partial charge in [0.15, 0.2) is 19.8 Å². The van der Waals surface area contributed by atoms with Crippen LogP contribution in [0.1, 0.15) is 32.4 Å². The van der Waals surface area contributed by atoms with Gasteiger partial charge in [0.1, 0.15) is 24.6 Å². The third-order valence-electron chi connectivity index (χ3n) is 4.62. The molecule has 2 rings (SSSR count). The minimum absolute atomic E-state index is 0.143. The fourth-order valence-corrected chi connectivity index (χ4v) is 3.20. The van der Waals surface area contributed by atoms with E-state index in [0.717, 1.165) is 0 Å². The van der Waals surface area contributed by atoms with E-state index in [9.17, 15) is 5.11 Å². The van der Waals surface area contributed by atoms with Crippen molar-refractivity contribution in [3.05, 3.63) is 17.8 Å². The van der Waals surface area contributed by atoms with Gasteiger partial charge >= 0.3 is 0 Å². The quantitative estimate of drug-likeness (QED) is 0.771. The summed E-state index contributed by atoms with van der Waals surface area (Å²) in [4.78, 5) is 13.1. The van der Waals surface area contributed by atoms with Crippen molar-refractivity contribution in [2.45, 2.75) is 58.7 Å². The summed E-state index contributed by atoms with van der Waals surface area (Å²) in [6, 6.07) is 0. The molecule has 8 heteroatoms. The molecule has 0 aromatic carbocycles. The molecule has 0 fully saturated rings. The predicted molar refractivity (Wildman–Crippen MR) is 95.1 cm³/mol. The number of aromatic nitrogens is 4. The van der Waals surface area contributed by atoms with Crippen LogP contribution in [0.5, 0.6) is 0 Å². The number of nitrogens with zero attached hydrogens (tertiary/aromatic N) is 4. The van der Waals surface area contributed by atoms with Crippen LogP contribution >= 0.6 is 0 Å². The molecule has 0 bridgehead atoms. The van der Waals surface area contributed by atoms with Crippen LogP contribution in [-0.4, -0.2) is 46.7 Å². The maximum Gasteiger partial charge on any atom is 0.192 e. The Balaban J connectivity index is 2.22. The first-order chi connectivity index (χ1) is 11.2. The molecule has 2 aromatic heterocycles. The molecule has 0 radical (unpaired) electrons. The van der Waals surface area contributed by atoms with Gasteiger partial charge in [0, 0.05) is 13.7 Å². The zero-order valence-corrected chi connectivity index (χ0v) is 16.5. The van der Waals surface area contributed by atoms with Crippen molar-refractivity contribution in [2.75, 3.05) is 13.7 Å². The molecule has 134 valence electrons. The number of hydrogen-bond donors (Lipinski definition) is 1. The fourth-order valence-electron chi connectivity index (χ4n) is 2.16. The molecular weight excluding hydrogens is 324 g/mol. The largest absolute Gasteiger partial charge is 0.415 e. The zero-order valence-electron chi connectivity index (χ0n) is 15.5. The molecule has 24 heavy (non-hydrogen) atoms. The first kappa shape index (κ1) is 19.0. The molecule has 0 amide bonds. The lowest BCUT2D eigenvalue weighted by Crippen LogP contribution is -2.41. The number of rotatable bonds is 7. The molecule has 0 aliphatic rings. The van der Waals surface area contributed by atoms with Crippen molar-refractivity contribution < 1.29 is 14.3 Å². The van der Waals surface area contributed by atoms with Gasteiger partial charge in [-0.3, -0.25) is 0 Å². The van der Waals surface area contributed by atoms with E-state index >= 15 is 0 Å². The molecule has 0 spiro atoms. The maximum absolute atomic E-state index is 9.59. The van der Waals surface area contributed by atoms with E-state index in [-0.39, 0.29) is 11.6 Å². The Hall–Kier alpha value is -1.35. The van der Waals surface area contributed by atoms with Crippen LogP contribution in [0.4, 0.5) is 0 Å². The van der Waals surface area contributed by atoms with Gasteiger partial charge in [-0.25, -0.2) is 15.0 Å².